The molecule has 1 N–H and O–H groups in total. The molecule has 3 rings (SSSR count). The van der Waals surface area contributed by atoms with Gasteiger partial charge in [0.1, 0.15) is 12.7 Å². The van der Waals surface area contributed by atoms with Crippen molar-refractivity contribution in [1.82, 2.24) is 20.1 Å². The van der Waals surface area contributed by atoms with Gasteiger partial charge in [-0.3, -0.25) is 9.48 Å². The van der Waals surface area contributed by atoms with Crippen molar-refractivity contribution in [2.45, 2.75) is 19.4 Å². The van der Waals surface area contributed by atoms with Crippen molar-refractivity contribution < 1.29 is 14.3 Å². The Morgan fingerprint density at radius 3 is 2.95 bits per heavy atom. The zero-order chi connectivity index (χ0) is 15.2. The van der Waals surface area contributed by atoms with Crippen LogP contribution >= 0.6 is 0 Å². The second-order valence-corrected chi connectivity index (χ2v) is 4.98. The van der Waals surface area contributed by atoms with Gasteiger partial charge in [-0.1, -0.05) is 0 Å². The van der Waals surface area contributed by atoms with Crippen LogP contribution in [0, 0.1) is 0 Å². The Hall–Kier alpha value is -2.57. The molecule has 2 heterocycles. The van der Waals surface area contributed by atoms with E-state index in [4.69, 9.17) is 9.47 Å². The first kappa shape index (κ1) is 14.4. The highest BCUT2D eigenvalue weighted by Crippen LogP contribution is 2.30. The zero-order valence-corrected chi connectivity index (χ0v) is 12.2. The Balaban J connectivity index is 1.52. The molecule has 0 bridgehead atoms. The van der Waals surface area contributed by atoms with Crippen LogP contribution in [0.4, 0.5) is 0 Å². The number of aryl methyl sites for hydroxylation is 1. The normalized spacial score (nSPS) is 13.5. The highest BCUT2D eigenvalue weighted by Gasteiger charge is 2.13. The largest absolute Gasteiger partial charge is 0.490 e. The minimum atomic E-state index is -0.116. The van der Waals surface area contributed by atoms with Crippen LogP contribution in [0.25, 0.3) is 0 Å². The molecule has 1 amide bonds. The Bertz CT molecular complexity index is 628. The van der Waals surface area contributed by atoms with Gasteiger partial charge in [-0.15, -0.1) is 0 Å². The molecule has 116 valence electrons. The quantitative estimate of drug-likeness (QED) is 0.841. The summed E-state index contributed by atoms with van der Waals surface area (Å²) in [6.07, 6.45) is 4.79. The van der Waals surface area contributed by atoms with Gasteiger partial charge in [0.2, 0.25) is 0 Å². The topological polar surface area (TPSA) is 78.3 Å². The molecule has 22 heavy (non-hydrogen) atoms. The van der Waals surface area contributed by atoms with E-state index >= 15 is 0 Å². The van der Waals surface area contributed by atoms with Crippen LogP contribution in [0.2, 0.25) is 0 Å². The molecule has 0 spiro atoms. The Morgan fingerprint density at radius 1 is 1.27 bits per heavy atom. The van der Waals surface area contributed by atoms with E-state index in [9.17, 15) is 4.79 Å². The zero-order valence-electron chi connectivity index (χ0n) is 12.2. The summed E-state index contributed by atoms with van der Waals surface area (Å²) in [6, 6.07) is 5.26. The number of fused-ring (bicyclic) bond motifs is 1. The molecule has 0 saturated heterocycles. The fraction of sp³-hybridized carbons (Fsp3) is 0.400. The lowest BCUT2D eigenvalue weighted by Gasteiger charge is -2.10. The SMILES string of the molecule is O=C(NCCCn1cncn1)c1ccc2c(c1)OCCCO2. The van der Waals surface area contributed by atoms with Crippen LogP contribution in [-0.2, 0) is 6.54 Å². The minimum absolute atomic E-state index is 0.116. The highest BCUT2D eigenvalue weighted by molar-refractivity contribution is 5.94. The molecule has 0 atom stereocenters. The molecule has 0 fully saturated rings. The molecule has 1 aliphatic heterocycles. The maximum atomic E-state index is 12.1. The van der Waals surface area contributed by atoms with E-state index in [1.165, 1.54) is 6.33 Å². The summed E-state index contributed by atoms with van der Waals surface area (Å²) in [7, 11) is 0. The third-order valence-corrected chi connectivity index (χ3v) is 3.33. The van der Waals surface area contributed by atoms with E-state index in [1.54, 1.807) is 29.2 Å². The average Bonchev–Trinajstić information content (AvgIpc) is 2.94. The van der Waals surface area contributed by atoms with E-state index < -0.39 is 0 Å². The molecule has 0 saturated carbocycles. The number of rotatable bonds is 5. The fourth-order valence-corrected chi connectivity index (χ4v) is 2.20. The summed E-state index contributed by atoms with van der Waals surface area (Å²) < 4.78 is 12.9. The minimum Gasteiger partial charge on any atom is -0.490 e. The van der Waals surface area contributed by atoms with Gasteiger partial charge in [0, 0.05) is 25.1 Å². The number of hydrogen-bond donors (Lipinski definition) is 1. The predicted octanol–water partition coefficient (Wildman–Crippen LogP) is 1.26. The number of aromatic nitrogens is 3. The van der Waals surface area contributed by atoms with Crippen LogP contribution in [0.1, 0.15) is 23.2 Å². The maximum Gasteiger partial charge on any atom is 0.251 e. The van der Waals surface area contributed by atoms with Gasteiger partial charge in [-0.05, 0) is 24.6 Å². The first-order chi connectivity index (χ1) is 10.8. The van der Waals surface area contributed by atoms with Crippen molar-refractivity contribution >= 4 is 5.91 Å². The van der Waals surface area contributed by atoms with Crippen molar-refractivity contribution in [3.05, 3.63) is 36.4 Å². The van der Waals surface area contributed by atoms with Crippen molar-refractivity contribution in [2.24, 2.45) is 0 Å². The van der Waals surface area contributed by atoms with Crippen molar-refractivity contribution in [3.63, 3.8) is 0 Å². The molecule has 0 aliphatic carbocycles. The first-order valence-corrected chi connectivity index (χ1v) is 7.33. The summed E-state index contributed by atoms with van der Waals surface area (Å²) in [5.41, 5.74) is 0.574. The second-order valence-electron chi connectivity index (χ2n) is 4.98. The molecule has 7 heteroatoms. The molecule has 0 unspecified atom stereocenters. The van der Waals surface area contributed by atoms with E-state index in [0.29, 0.717) is 36.8 Å². The summed E-state index contributed by atoms with van der Waals surface area (Å²) >= 11 is 0. The van der Waals surface area contributed by atoms with Gasteiger partial charge in [0.25, 0.3) is 5.91 Å². The lowest BCUT2D eigenvalue weighted by atomic mass is 10.2. The van der Waals surface area contributed by atoms with E-state index in [2.05, 4.69) is 15.4 Å². The smallest absolute Gasteiger partial charge is 0.251 e. The Morgan fingerprint density at radius 2 is 2.14 bits per heavy atom. The predicted molar refractivity (Wildman–Crippen MR) is 79.0 cm³/mol. The number of amides is 1. The van der Waals surface area contributed by atoms with Gasteiger partial charge in [0.15, 0.2) is 11.5 Å². The Kier molecular flexibility index (Phi) is 4.53. The van der Waals surface area contributed by atoms with E-state index in [1.807, 2.05) is 0 Å². The standard InChI is InChI=1S/C15H18N4O3/c20-15(17-5-1-6-19-11-16-10-18-19)12-3-4-13-14(9-12)22-8-2-7-21-13/h3-4,9-11H,1-2,5-8H2,(H,17,20). The van der Waals surface area contributed by atoms with Gasteiger partial charge in [-0.25, -0.2) is 4.98 Å². The molecule has 7 nitrogen and oxygen atoms in total. The van der Waals surface area contributed by atoms with Crippen LogP contribution in [-0.4, -0.2) is 40.4 Å². The summed E-state index contributed by atoms with van der Waals surface area (Å²) in [6.45, 7) is 2.55. The lowest BCUT2D eigenvalue weighted by Crippen LogP contribution is -2.25. The first-order valence-electron chi connectivity index (χ1n) is 7.33. The number of hydrogen-bond acceptors (Lipinski definition) is 5. The molecule has 1 aliphatic rings. The third-order valence-electron chi connectivity index (χ3n) is 3.33. The second kappa shape index (κ2) is 6.93. The van der Waals surface area contributed by atoms with Crippen molar-refractivity contribution in [3.8, 4) is 11.5 Å². The van der Waals surface area contributed by atoms with Gasteiger partial charge >= 0.3 is 0 Å². The number of ether oxygens (including phenoxy) is 2. The molecule has 0 radical (unpaired) electrons. The molecule has 1 aromatic heterocycles. The van der Waals surface area contributed by atoms with Gasteiger partial charge in [0.05, 0.1) is 13.2 Å². The number of nitrogens with zero attached hydrogens (tertiary/aromatic N) is 3. The van der Waals surface area contributed by atoms with Gasteiger partial charge < -0.3 is 14.8 Å². The highest BCUT2D eigenvalue weighted by atomic mass is 16.5. The number of nitrogens with one attached hydrogen (secondary N) is 1. The number of carbonyl (C=O) groups excluding carboxylic acids is 1. The maximum absolute atomic E-state index is 12.1. The van der Waals surface area contributed by atoms with Gasteiger partial charge in [-0.2, -0.15) is 5.10 Å². The summed E-state index contributed by atoms with van der Waals surface area (Å²) in [5, 5.41) is 6.90. The molecular weight excluding hydrogens is 284 g/mol. The lowest BCUT2D eigenvalue weighted by molar-refractivity contribution is 0.0952. The number of benzene rings is 1. The van der Waals surface area contributed by atoms with Crippen LogP contribution in [0.3, 0.4) is 0 Å². The van der Waals surface area contributed by atoms with E-state index in [-0.39, 0.29) is 5.91 Å². The number of carbonyl (C=O) groups is 1. The summed E-state index contributed by atoms with van der Waals surface area (Å²) in [5.74, 6) is 1.21. The third kappa shape index (κ3) is 3.55. The Labute approximate surface area is 128 Å². The van der Waals surface area contributed by atoms with Crippen molar-refractivity contribution in [2.75, 3.05) is 19.8 Å². The van der Waals surface area contributed by atoms with E-state index in [0.717, 1.165) is 19.4 Å². The molecular formula is C15H18N4O3. The average molecular weight is 302 g/mol. The molecule has 2 aromatic rings. The monoisotopic (exact) mass is 302 g/mol. The van der Waals surface area contributed by atoms with Crippen molar-refractivity contribution in [1.29, 1.82) is 0 Å². The van der Waals surface area contributed by atoms with Crippen LogP contribution < -0.4 is 14.8 Å². The van der Waals surface area contributed by atoms with Crippen LogP contribution in [0.5, 0.6) is 11.5 Å². The molecule has 1 aromatic carbocycles. The van der Waals surface area contributed by atoms with Crippen LogP contribution in [0.15, 0.2) is 30.9 Å². The summed E-state index contributed by atoms with van der Waals surface area (Å²) in [4.78, 5) is 16.0. The fourth-order valence-electron chi connectivity index (χ4n) is 2.20.